The fourth-order valence-corrected chi connectivity index (χ4v) is 2.66. The van der Waals surface area contributed by atoms with Crippen molar-refractivity contribution >= 4 is 24.0 Å². The second kappa shape index (κ2) is 6.40. The van der Waals surface area contributed by atoms with Crippen LogP contribution in [0.5, 0.6) is 0 Å². The van der Waals surface area contributed by atoms with Gasteiger partial charge in [-0.05, 0) is 49.9 Å². The number of carbonyl (C=O) groups excluding carboxylic acids is 1. The van der Waals surface area contributed by atoms with Crippen LogP contribution in [0.1, 0.15) is 36.8 Å². The van der Waals surface area contributed by atoms with Gasteiger partial charge in [-0.2, -0.15) is 0 Å². The highest BCUT2D eigenvalue weighted by Gasteiger charge is 2.39. The van der Waals surface area contributed by atoms with Crippen LogP contribution in [0.25, 0.3) is 0 Å². The van der Waals surface area contributed by atoms with E-state index in [2.05, 4.69) is 19.2 Å². The Labute approximate surface area is 121 Å². The van der Waals surface area contributed by atoms with E-state index in [1.54, 1.807) is 0 Å². The third kappa shape index (κ3) is 3.28. The van der Waals surface area contributed by atoms with E-state index in [-0.39, 0.29) is 23.7 Å². The first-order valence-corrected chi connectivity index (χ1v) is 6.66. The van der Waals surface area contributed by atoms with E-state index in [9.17, 15) is 4.79 Å². The van der Waals surface area contributed by atoms with Crippen LogP contribution in [-0.2, 0) is 4.79 Å². The lowest BCUT2D eigenvalue weighted by Crippen LogP contribution is -2.40. The molecule has 19 heavy (non-hydrogen) atoms. The van der Waals surface area contributed by atoms with Gasteiger partial charge in [0.15, 0.2) is 0 Å². The number of benzene rings is 1. The third-order valence-electron chi connectivity index (χ3n) is 4.20. The molecule has 1 saturated carbocycles. The minimum absolute atomic E-state index is 0. The Morgan fingerprint density at radius 2 is 1.89 bits per heavy atom. The van der Waals surface area contributed by atoms with Crippen LogP contribution in [-0.4, -0.2) is 12.5 Å². The summed E-state index contributed by atoms with van der Waals surface area (Å²) >= 11 is 0. The number of nitrogens with two attached hydrogens (primary N) is 1. The Hall–Kier alpha value is -1.06. The molecule has 1 aliphatic carbocycles. The van der Waals surface area contributed by atoms with E-state index >= 15 is 0 Å². The molecule has 2 rings (SSSR count). The Bertz CT molecular complexity index is 453. The second-order valence-electron chi connectivity index (χ2n) is 5.44. The summed E-state index contributed by atoms with van der Waals surface area (Å²) in [5.41, 5.74) is 8.79. The van der Waals surface area contributed by atoms with E-state index in [1.165, 1.54) is 11.1 Å². The van der Waals surface area contributed by atoms with Crippen molar-refractivity contribution in [3.63, 3.8) is 0 Å². The summed E-state index contributed by atoms with van der Waals surface area (Å²) < 4.78 is 0. The fourth-order valence-electron chi connectivity index (χ4n) is 2.66. The quantitative estimate of drug-likeness (QED) is 0.895. The predicted octanol–water partition coefficient (Wildman–Crippen LogP) is 3.18. The third-order valence-corrected chi connectivity index (χ3v) is 4.20. The van der Waals surface area contributed by atoms with Gasteiger partial charge in [0.1, 0.15) is 0 Å². The maximum atomic E-state index is 12.4. The number of hydrogen-bond donors (Lipinski definition) is 2. The molecule has 3 N–H and O–H groups in total. The molecule has 106 valence electrons. The van der Waals surface area contributed by atoms with Gasteiger partial charge in [-0.15, -0.1) is 12.4 Å². The van der Waals surface area contributed by atoms with Gasteiger partial charge in [0.25, 0.3) is 0 Å². The number of halogens is 1. The highest BCUT2D eigenvalue weighted by Crippen LogP contribution is 2.38. The fraction of sp³-hybridized carbons (Fsp3) is 0.533. The molecule has 1 fully saturated rings. The lowest BCUT2D eigenvalue weighted by molar-refractivity contribution is -0.124. The summed E-state index contributed by atoms with van der Waals surface area (Å²) in [6.45, 7) is 4.57. The number of rotatable bonds is 3. The minimum Gasteiger partial charge on any atom is -0.329 e. The van der Waals surface area contributed by atoms with Crippen LogP contribution in [0, 0.1) is 19.3 Å². The average Bonchev–Trinajstić information content (AvgIpc) is 2.84. The molecule has 1 aromatic carbocycles. The van der Waals surface area contributed by atoms with E-state index in [1.807, 2.05) is 18.2 Å². The zero-order valence-electron chi connectivity index (χ0n) is 11.7. The average molecular weight is 283 g/mol. The molecule has 4 heteroatoms. The number of nitrogens with one attached hydrogen (secondary N) is 1. The van der Waals surface area contributed by atoms with Gasteiger partial charge < -0.3 is 11.1 Å². The lowest BCUT2D eigenvalue weighted by atomic mass is 9.85. The molecule has 0 aliphatic heterocycles. The number of amides is 1. The summed E-state index contributed by atoms with van der Waals surface area (Å²) in [5.74, 6) is 0.0887. The molecule has 3 nitrogen and oxygen atoms in total. The molecule has 0 bridgehead atoms. The van der Waals surface area contributed by atoms with Crippen LogP contribution >= 0.6 is 12.4 Å². The summed E-state index contributed by atoms with van der Waals surface area (Å²) in [4.78, 5) is 12.4. The van der Waals surface area contributed by atoms with Gasteiger partial charge in [-0.3, -0.25) is 4.79 Å². The summed E-state index contributed by atoms with van der Waals surface area (Å²) in [5, 5.41) is 3.02. The smallest absolute Gasteiger partial charge is 0.231 e. The van der Waals surface area contributed by atoms with E-state index in [4.69, 9.17) is 5.73 Å². The van der Waals surface area contributed by atoms with Gasteiger partial charge in [0.05, 0.1) is 5.41 Å². The molecule has 1 aliphatic rings. The van der Waals surface area contributed by atoms with Crippen molar-refractivity contribution in [3.05, 3.63) is 29.3 Å². The summed E-state index contributed by atoms with van der Waals surface area (Å²) in [7, 11) is 0. The molecular weight excluding hydrogens is 260 g/mol. The van der Waals surface area contributed by atoms with Crippen LogP contribution in [0.3, 0.4) is 0 Å². The number of carbonyl (C=O) groups is 1. The minimum atomic E-state index is -0.335. The van der Waals surface area contributed by atoms with E-state index in [0.717, 1.165) is 31.4 Å². The topological polar surface area (TPSA) is 55.1 Å². The maximum absolute atomic E-state index is 12.4. The SMILES string of the molecule is Cc1ccc(NC(=O)C2(CN)CCCC2)cc1C.Cl. The van der Waals surface area contributed by atoms with Crippen molar-refractivity contribution in [2.24, 2.45) is 11.1 Å². The highest BCUT2D eigenvalue weighted by atomic mass is 35.5. The predicted molar refractivity (Wildman–Crippen MR) is 81.7 cm³/mol. The highest BCUT2D eigenvalue weighted by molar-refractivity contribution is 5.95. The van der Waals surface area contributed by atoms with Gasteiger partial charge in [0, 0.05) is 12.2 Å². The molecule has 1 aromatic rings. The molecule has 0 saturated heterocycles. The monoisotopic (exact) mass is 282 g/mol. The maximum Gasteiger partial charge on any atom is 0.231 e. The molecular formula is C15H23ClN2O. The summed E-state index contributed by atoms with van der Waals surface area (Å²) in [6.07, 6.45) is 4.05. The Morgan fingerprint density at radius 1 is 1.26 bits per heavy atom. The zero-order valence-corrected chi connectivity index (χ0v) is 12.5. The van der Waals surface area contributed by atoms with Gasteiger partial charge in [-0.1, -0.05) is 18.9 Å². The van der Waals surface area contributed by atoms with E-state index < -0.39 is 0 Å². The number of aryl methyl sites for hydroxylation is 2. The van der Waals surface area contributed by atoms with Crippen LogP contribution < -0.4 is 11.1 Å². The molecule has 0 atom stereocenters. The lowest BCUT2D eigenvalue weighted by Gasteiger charge is -2.25. The first-order valence-electron chi connectivity index (χ1n) is 6.66. The Morgan fingerprint density at radius 3 is 2.42 bits per heavy atom. The Kier molecular flexibility index (Phi) is 5.39. The first-order chi connectivity index (χ1) is 8.57. The van der Waals surface area contributed by atoms with Crippen molar-refractivity contribution < 1.29 is 4.79 Å². The zero-order chi connectivity index (χ0) is 13.2. The Balaban J connectivity index is 0.00000180. The normalized spacial score (nSPS) is 16.8. The second-order valence-corrected chi connectivity index (χ2v) is 5.44. The van der Waals surface area contributed by atoms with Gasteiger partial charge >= 0.3 is 0 Å². The molecule has 1 amide bonds. The number of hydrogen-bond acceptors (Lipinski definition) is 2. The van der Waals surface area contributed by atoms with Gasteiger partial charge in [0.2, 0.25) is 5.91 Å². The van der Waals surface area contributed by atoms with Crippen LogP contribution in [0.2, 0.25) is 0 Å². The van der Waals surface area contributed by atoms with Crippen molar-refractivity contribution in [1.82, 2.24) is 0 Å². The first kappa shape index (κ1) is 16.0. The van der Waals surface area contributed by atoms with Gasteiger partial charge in [-0.25, -0.2) is 0 Å². The van der Waals surface area contributed by atoms with E-state index in [0.29, 0.717) is 6.54 Å². The van der Waals surface area contributed by atoms with Crippen LogP contribution in [0.15, 0.2) is 18.2 Å². The number of anilines is 1. The van der Waals surface area contributed by atoms with Crippen molar-refractivity contribution in [1.29, 1.82) is 0 Å². The van der Waals surface area contributed by atoms with Crippen molar-refractivity contribution in [3.8, 4) is 0 Å². The van der Waals surface area contributed by atoms with Crippen LogP contribution in [0.4, 0.5) is 5.69 Å². The molecule has 0 unspecified atom stereocenters. The summed E-state index contributed by atoms with van der Waals surface area (Å²) in [6, 6.07) is 6.01. The molecule has 0 radical (unpaired) electrons. The molecule has 0 aromatic heterocycles. The molecule has 0 spiro atoms. The molecule has 0 heterocycles. The van der Waals surface area contributed by atoms with Crippen molar-refractivity contribution in [2.45, 2.75) is 39.5 Å². The standard InChI is InChI=1S/C15H22N2O.ClH/c1-11-5-6-13(9-12(11)2)17-14(18)15(10-16)7-3-4-8-15;/h5-6,9H,3-4,7-8,10,16H2,1-2H3,(H,17,18);1H. The largest absolute Gasteiger partial charge is 0.329 e. The van der Waals surface area contributed by atoms with Crippen molar-refractivity contribution in [2.75, 3.05) is 11.9 Å².